The van der Waals surface area contributed by atoms with Gasteiger partial charge in [0.15, 0.2) is 0 Å². The number of likely N-dealkylation sites (tertiary alicyclic amines) is 1. The van der Waals surface area contributed by atoms with Crippen LogP contribution < -0.4 is 0 Å². The second-order valence-corrected chi connectivity index (χ2v) is 4.54. The van der Waals surface area contributed by atoms with Crippen molar-refractivity contribution >= 4 is 11.9 Å². The van der Waals surface area contributed by atoms with E-state index in [1.54, 1.807) is 6.08 Å². The molecule has 4 nitrogen and oxygen atoms in total. The zero-order chi connectivity index (χ0) is 12.8. The van der Waals surface area contributed by atoms with Gasteiger partial charge in [-0.25, -0.2) is 4.79 Å². The van der Waals surface area contributed by atoms with Gasteiger partial charge in [-0.2, -0.15) is 0 Å². The standard InChI is InChI=1S/C13H21NO3/c1-3-5-7-10-8-9-14(12(10)15)11(6-4-2)13(16)17/h4,10-11H,2-3,5-9H2,1H3,(H,16,17). The molecule has 0 aromatic carbocycles. The summed E-state index contributed by atoms with van der Waals surface area (Å²) in [6.45, 7) is 6.21. The maximum atomic E-state index is 12.1. The minimum absolute atomic E-state index is 0.00713. The number of hydrogen-bond acceptors (Lipinski definition) is 2. The fourth-order valence-corrected chi connectivity index (χ4v) is 2.31. The molecule has 2 unspecified atom stereocenters. The van der Waals surface area contributed by atoms with Crippen LogP contribution in [0.3, 0.4) is 0 Å². The van der Waals surface area contributed by atoms with Crippen molar-refractivity contribution in [2.45, 2.75) is 45.1 Å². The number of carbonyl (C=O) groups excluding carboxylic acids is 1. The normalized spacial score (nSPS) is 21.6. The monoisotopic (exact) mass is 239 g/mol. The largest absolute Gasteiger partial charge is 0.480 e. The topological polar surface area (TPSA) is 57.6 Å². The smallest absolute Gasteiger partial charge is 0.326 e. The van der Waals surface area contributed by atoms with Gasteiger partial charge < -0.3 is 10.0 Å². The fraction of sp³-hybridized carbons (Fsp3) is 0.692. The predicted octanol–water partition coefficient (Wildman–Crippen LogP) is 2.05. The quantitative estimate of drug-likeness (QED) is 0.692. The lowest BCUT2D eigenvalue weighted by molar-refractivity contribution is -0.149. The van der Waals surface area contributed by atoms with Crippen LogP contribution in [0.5, 0.6) is 0 Å². The fourth-order valence-electron chi connectivity index (χ4n) is 2.31. The molecule has 0 bridgehead atoms. The Balaban J connectivity index is 2.63. The minimum Gasteiger partial charge on any atom is -0.480 e. The molecule has 1 rings (SSSR count). The van der Waals surface area contributed by atoms with Crippen LogP contribution in [0, 0.1) is 5.92 Å². The zero-order valence-corrected chi connectivity index (χ0v) is 10.4. The van der Waals surface area contributed by atoms with Crippen LogP contribution in [-0.2, 0) is 9.59 Å². The number of aliphatic carboxylic acids is 1. The molecule has 0 saturated carbocycles. The number of rotatable bonds is 7. The molecule has 1 aliphatic rings. The molecule has 1 aliphatic heterocycles. The Labute approximate surface area is 102 Å². The zero-order valence-electron chi connectivity index (χ0n) is 10.4. The number of carboxylic acids is 1. The third kappa shape index (κ3) is 3.32. The molecule has 1 N–H and O–H groups in total. The molecule has 1 amide bonds. The average Bonchev–Trinajstić information content (AvgIpc) is 2.64. The van der Waals surface area contributed by atoms with Gasteiger partial charge in [0.1, 0.15) is 6.04 Å². The minimum atomic E-state index is -0.936. The van der Waals surface area contributed by atoms with E-state index in [-0.39, 0.29) is 11.8 Å². The average molecular weight is 239 g/mol. The van der Waals surface area contributed by atoms with E-state index in [9.17, 15) is 9.59 Å². The van der Waals surface area contributed by atoms with Gasteiger partial charge in [-0.15, -0.1) is 6.58 Å². The molecule has 2 atom stereocenters. The molecule has 1 heterocycles. The van der Waals surface area contributed by atoms with Crippen molar-refractivity contribution in [3.8, 4) is 0 Å². The number of carboxylic acid groups (broad SMARTS) is 1. The van der Waals surface area contributed by atoms with Crippen LogP contribution in [0.2, 0.25) is 0 Å². The summed E-state index contributed by atoms with van der Waals surface area (Å²) < 4.78 is 0. The number of nitrogens with zero attached hydrogens (tertiary/aromatic N) is 1. The number of carbonyl (C=O) groups is 2. The Morgan fingerprint density at radius 2 is 2.41 bits per heavy atom. The Hall–Kier alpha value is -1.32. The Kier molecular flexibility index (Phi) is 5.19. The highest BCUT2D eigenvalue weighted by Crippen LogP contribution is 2.26. The van der Waals surface area contributed by atoms with Crippen molar-refractivity contribution < 1.29 is 14.7 Å². The summed E-state index contributed by atoms with van der Waals surface area (Å²) in [7, 11) is 0. The summed E-state index contributed by atoms with van der Waals surface area (Å²) in [6.07, 6.45) is 5.65. The van der Waals surface area contributed by atoms with E-state index in [2.05, 4.69) is 13.5 Å². The highest BCUT2D eigenvalue weighted by atomic mass is 16.4. The van der Waals surface area contributed by atoms with E-state index in [1.165, 1.54) is 4.90 Å². The van der Waals surface area contributed by atoms with Crippen molar-refractivity contribution in [1.29, 1.82) is 0 Å². The lowest BCUT2D eigenvalue weighted by atomic mass is 10.0. The molecular formula is C13H21NO3. The second kappa shape index (κ2) is 6.42. The molecule has 4 heteroatoms. The van der Waals surface area contributed by atoms with E-state index in [4.69, 9.17) is 5.11 Å². The second-order valence-electron chi connectivity index (χ2n) is 4.54. The number of hydrogen-bond donors (Lipinski definition) is 1. The lowest BCUT2D eigenvalue weighted by Gasteiger charge is -2.23. The van der Waals surface area contributed by atoms with E-state index >= 15 is 0 Å². The van der Waals surface area contributed by atoms with Crippen LogP contribution in [0.4, 0.5) is 0 Å². The van der Waals surface area contributed by atoms with Gasteiger partial charge in [-0.05, 0) is 19.3 Å². The van der Waals surface area contributed by atoms with Crippen molar-refractivity contribution in [3.05, 3.63) is 12.7 Å². The lowest BCUT2D eigenvalue weighted by Crippen LogP contribution is -2.42. The molecule has 96 valence electrons. The van der Waals surface area contributed by atoms with Crippen LogP contribution >= 0.6 is 0 Å². The maximum Gasteiger partial charge on any atom is 0.326 e. The van der Waals surface area contributed by atoms with Crippen molar-refractivity contribution in [2.75, 3.05) is 6.54 Å². The van der Waals surface area contributed by atoms with Gasteiger partial charge in [0.05, 0.1) is 0 Å². The van der Waals surface area contributed by atoms with Crippen molar-refractivity contribution in [3.63, 3.8) is 0 Å². The van der Waals surface area contributed by atoms with Crippen molar-refractivity contribution in [1.82, 2.24) is 4.90 Å². The summed E-state index contributed by atoms with van der Waals surface area (Å²) in [5.74, 6) is -0.899. The van der Waals surface area contributed by atoms with E-state index in [0.29, 0.717) is 13.0 Å². The van der Waals surface area contributed by atoms with Crippen LogP contribution in [0.15, 0.2) is 12.7 Å². The highest BCUT2D eigenvalue weighted by Gasteiger charge is 2.37. The summed E-state index contributed by atoms with van der Waals surface area (Å²) >= 11 is 0. The third-order valence-electron chi connectivity index (χ3n) is 3.31. The van der Waals surface area contributed by atoms with E-state index < -0.39 is 12.0 Å². The summed E-state index contributed by atoms with van der Waals surface area (Å²) in [6, 6.07) is -0.730. The van der Waals surface area contributed by atoms with Gasteiger partial charge in [-0.1, -0.05) is 25.8 Å². The van der Waals surface area contributed by atoms with Crippen LogP contribution in [0.25, 0.3) is 0 Å². The summed E-state index contributed by atoms with van der Waals surface area (Å²) in [5, 5.41) is 9.10. The molecule has 0 aromatic rings. The first-order valence-electron chi connectivity index (χ1n) is 6.26. The maximum absolute atomic E-state index is 12.1. The van der Waals surface area contributed by atoms with Gasteiger partial charge in [0, 0.05) is 12.5 Å². The Morgan fingerprint density at radius 1 is 1.71 bits per heavy atom. The summed E-state index contributed by atoms with van der Waals surface area (Å²) in [5.41, 5.74) is 0. The number of amides is 1. The van der Waals surface area contributed by atoms with E-state index in [0.717, 1.165) is 25.7 Å². The first-order valence-corrected chi connectivity index (χ1v) is 6.26. The third-order valence-corrected chi connectivity index (χ3v) is 3.31. The SMILES string of the molecule is C=CCC(C(=O)O)N1CCC(CCCC)C1=O. The molecule has 1 saturated heterocycles. The first kappa shape index (κ1) is 13.7. The molecule has 17 heavy (non-hydrogen) atoms. The number of unbranched alkanes of at least 4 members (excludes halogenated alkanes) is 1. The molecule has 1 fully saturated rings. The van der Waals surface area contributed by atoms with Gasteiger partial charge in [-0.3, -0.25) is 4.79 Å². The van der Waals surface area contributed by atoms with Crippen molar-refractivity contribution in [2.24, 2.45) is 5.92 Å². The van der Waals surface area contributed by atoms with Crippen LogP contribution in [0.1, 0.15) is 39.0 Å². The van der Waals surface area contributed by atoms with E-state index in [1.807, 2.05) is 0 Å². The highest BCUT2D eigenvalue weighted by molar-refractivity contribution is 5.86. The van der Waals surface area contributed by atoms with Gasteiger partial charge >= 0.3 is 5.97 Å². The van der Waals surface area contributed by atoms with Gasteiger partial charge in [0.25, 0.3) is 0 Å². The summed E-state index contributed by atoms with van der Waals surface area (Å²) in [4.78, 5) is 24.7. The Morgan fingerprint density at radius 3 is 2.94 bits per heavy atom. The molecule has 0 radical (unpaired) electrons. The van der Waals surface area contributed by atoms with Gasteiger partial charge in [0.2, 0.25) is 5.91 Å². The Bertz CT molecular complexity index is 301. The first-order chi connectivity index (χ1) is 8.11. The predicted molar refractivity (Wildman–Crippen MR) is 65.6 cm³/mol. The molecule has 0 spiro atoms. The molecule has 0 aromatic heterocycles. The molecular weight excluding hydrogens is 218 g/mol. The molecule has 0 aliphatic carbocycles. The van der Waals surface area contributed by atoms with Crippen LogP contribution in [-0.4, -0.2) is 34.5 Å².